The number of hydrogen-bond acceptors (Lipinski definition) is 3. The summed E-state index contributed by atoms with van der Waals surface area (Å²) in [7, 11) is 0. The lowest BCUT2D eigenvalue weighted by molar-refractivity contribution is 0.0694. The molecule has 0 heterocycles. The maximum Gasteiger partial charge on any atom is 0.339 e. The summed E-state index contributed by atoms with van der Waals surface area (Å²) in [4.78, 5) is 11.1. The Morgan fingerprint density at radius 1 is 1.25 bits per heavy atom. The van der Waals surface area contributed by atoms with Crippen LogP contribution in [0.2, 0.25) is 5.02 Å². The van der Waals surface area contributed by atoms with Crippen LogP contribution >= 0.6 is 11.6 Å². The summed E-state index contributed by atoms with van der Waals surface area (Å²) in [5, 5.41) is 8.94. The Kier molecular flexibility index (Phi) is 3.76. The number of rotatable bonds is 3. The average molecular weight is 300 g/mol. The third kappa shape index (κ3) is 2.80. The van der Waals surface area contributed by atoms with Crippen LogP contribution in [0.3, 0.4) is 0 Å². The van der Waals surface area contributed by atoms with Gasteiger partial charge in [-0.15, -0.1) is 0 Å². The zero-order valence-electron chi connectivity index (χ0n) is 9.86. The molecule has 104 valence electrons. The molecule has 2 rings (SSSR count). The smallest absolute Gasteiger partial charge is 0.339 e. The summed E-state index contributed by atoms with van der Waals surface area (Å²) in [6, 6.07) is 4.91. The molecule has 0 aliphatic rings. The number of halogens is 3. The van der Waals surface area contributed by atoms with Gasteiger partial charge in [-0.25, -0.2) is 13.6 Å². The number of anilines is 1. The molecule has 0 radical (unpaired) electrons. The van der Waals surface area contributed by atoms with E-state index < -0.39 is 23.4 Å². The first-order valence-corrected chi connectivity index (χ1v) is 5.71. The number of aromatic carboxylic acids is 1. The van der Waals surface area contributed by atoms with Crippen LogP contribution in [-0.2, 0) is 0 Å². The average Bonchev–Trinajstić information content (AvgIpc) is 2.36. The van der Waals surface area contributed by atoms with Gasteiger partial charge in [-0.05, 0) is 24.3 Å². The largest absolute Gasteiger partial charge is 0.478 e. The van der Waals surface area contributed by atoms with Crippen LogP contribution in [0.4, 0.5) is 14.5 Å². The van der Waals surface area contributed by atoms with E-state index in [-0.39, 0.29) is 22.0 Å². The van der Waals surface area contributed by atoms with Crippen LogP contribution in [-0.4, -0.2) is 11.1 Å². The van der Waals surface area contributed by atoms with Gasteiger partial charge in [0.1, 0.15) is 11.4 Å². The van der Waals surface area contributed by atoms with Gasteiger partial charge in [0, 0.05) is 11.8 Å². The van der Waals surface area contributed by atoms with Crippen LogP contribution in [0.25, 0.3) is 0 Å². The van der Waals surface area contributed by atoms with Gasteiger partial charge in [-0.1, -0.05) is 11.6 Å². The molecule has 3 N–H and O–H groups in total. The van der Waals surface area contributed by atoms with Crippen molar-refractivity contribution in [1.82, 2.24) is 0 Å². The van der Waals surface area contributed by atoms with Gasteiger partial charge in [0.2, 0.25) is 0 Å². The van der Waals surface area contributed by atoms with E-state index in [1.165, 1.54) is 6.07 Å². The first-order chi connectivity index (χ1) is 9.38. The van der Waals surface area contributed by atoms with E-state index in [2.05, 4.69) is 0 Å². The minimum absolute atomic E-state index is 0.111. The van der Waals surface area contributed by atoms with Gasteiger partial charge in [0.05, 0.1) is 5.02 Å². The highest BCUT2D eigenvalue weighted by molar-refractivity contribution is 6.33. The van der Waals surface area contributed by atoms with Crippen molar-refractivity contribution in [3.8, 4) is 11.5 Å². The van der Waals surface area contributed by atoms with Crippen molar-refractivity contribution >= 4 is 23.3 Å². The normalized spacial score (nSPS) is 10.3. The van der Waals surface area contributed by atoms with Gasteiger partial charge in [-0.3, -0.25) is 0 Å². The number of nitrogens with two attached hydrogens (primary N) is 1. The molecule has 4 nitrogen and oxygen atoms in total. The summed E-state index contributed by atoms with van der Waals surface area (Å²) in [6.45, 7) is 0. The number of carboxylic acids is 1. The van der Waals surface area contributed by atoms with Gasteiger partial charge in [-0.2, -0.15) is 0 Å². The first-order valence-electron chi connectivity index (χ1n) is 5.33. The Labute approximate surface area is 117 Å². The summed E-state index contributed by atoms with van der Waals surface area (Å²) in [5.41, 5.74) is 5.24. The fourth-order valence-corrected chi connectivity index (χ4v) is 1.81. The number of carbonyl (C=O) groups is 1. The molecule has 0 unspecified atom stereocenters. The maximum absolute atomic E-state index is 13.5. The number of benzene rings is 2. The van der Waals surface area contributed by atoms with Crippen molar-refractivity contribution in [2.75, 3.05) is 5.73 Å². The van der Waals surface area contributed by atoms with E-state index in [1.54, 1.807) is 0 Å². The summed E-state index contributed by atoms with van der Waals surface area (Å²) in [6.07, 6.45) is 0. The molecule has 0 aromatic heterocycles. The lowest BCUT2D eigenvalue weighted by Crippen LogP contribution is -2.03. The second-order valence-electron chi connectivity index (χ2n) is 3.86. The molecule has 0 bridgehead atoms. The fourth-order valence-electron chi connectivity index (χ4n) is 1.54. The predicted octanol–water partition coefficient (Wildman–Crippen LogP) is 3.69. The predicted molar refractivity (Wildman–Crippen MR) is 69.3 cm³/mol. The fraction of sp³-hybridized carbons (Fsp3) is 0. The Balaban J connectivity index is 2.53. The molecule has 0 spiro atoms. The molecule has 2 aromatic rings. The second-order valence-corrected chi connectivity index (χ2v) is 4.27. The molecule has 0 amide bonds. The van der Waals surface area contributed by atoms with Gasteiger partial charge >= 0.3 is 5.97 Å². The van der Waals surface area contributed by atoms with Crippen LogP contribution in [0.5, 0.6) is 11.5 Å². The standard InChI is InChI=1S/C13H8ClF2NO3/c14-9-5-7(17)4-8(13(18)19)12(9)20-11-3-6(15)1-2-10(11)16/h1-5H,17H2,(H,18,19). The Bertz CT molecular complexity index is 692. The molecule has 20 heavy (non-hydrogen) atoms. The van der Waals surface area contributed by atoms with E-state index in [1.807, 2.05) is 0 Å². The summed E-state index contributed by atoms with van der Waals surface area (Å²) in [5.74, 6) is -3.72. The summed E-state index contributed by atoms with van der Waals surface area (Å²) < 4.78 is 31.6. The monoisotopic (exact) mass is 299 g/mol. The quantitative estimate of drug-likeness (QED) is 0.848. The topological polar surface area (TPSA) is 72.5 Å². The highest BCUT2D eigenvalue weighted by atomic mass is 35.5. The highest BCUT2D eigenvalue weighted by Crippen LogP contribution is 2.36. The van der Waals surface area contributed by atoms with Crippen molar-refractivity contribution in [2.45, 2.75) is 0 Å². The van der Waals surface area contributed by atoms with Crippen LogP contribution < -0.4 is 10.5 Å². The Morgan fingerprint density at radius 3 is 2.60 bits per heavy atom. The van der Waals surface area contributed by atoms with Crippen molar-refractivity contribution in [1.29, 1.82) is 0 Å². The number of carboxylic acid groups (broad SMARTS) is 1. The van der Waals surface area contributed by atoms with E-state index in [9.17, 15) is 13.6 Å². The van der Waals surface area contributed by atoms with Gasteiger partial charge in [0.25, 0.3) is 0 Å². The SMILES string of the molecule is Nc1cc(Cl)c(Oc2cc(F)ccc2F)c(C(=O)O)c1. The molecule has 7 heteroatoms. The molecule has 0 fully saturated rings. The van der Waals surface area contributed by atoms with Crippen molar-refractivity contribution in [2.24, 2.45) is 0 Å². The third-order valence-electron chi connectivity index (χ3n) is 2.40. The van der Waals surface area contributed by atoms with Crippen molar-refractivity contribution < 1.29 is 23.4 Å². The lowest BCUT2D eigenvalue weighted by Gasteiger charge is -2.12. The number of hydrogen-bond donors (Lipinski definition) is 2. The Hall–Kier alpha value is -2.34. The van der Waals surface area contributed by atoms with Crippen LogP contribution in [0.15, 0.2) is 30.3 Å². The van der Waals surface area contributed by atoms with Gasteiger partial charge in [0.15, 0.2) is 17.3 Å². The minimum Gasteiger partial charge on any atom is -0.478 e. The zero-order valence-corrected chi connectivity index (χ0v) is 10.6. The molecule has 0 aliphatic heterocycles. The zero-order chi connectivity index (χ0) is 14.9. The molecular formula is C13H8ClF2NO3. The highest BCUT2D eigenvalue weighted by Gasteiger charge is 2.18. The van der Waals surface area contributed by atoms with E-state index in [4.69, 9.17) is 27.2 Å². The second kappa shape index (κ2) is 5.34. The van der Waals surface area contributed by atoms with E-state index in [0.717, 1.165) is 24.3 Å². The molecular weight excluding hydrogens is 292 g/mol. The first kappa shape index (κ1) is 14.1. The van der Waals surface area contributed by atoms with Crippen molar-refractivity contribution in [3.63, 3.8) is 0 Å². The van der Waals surface area contributed by atoms with Crippen molar-refractivity contribution in [3.05, 3.63) is 52.6 Å². The third-order valence-corrected chi connectivity index (χ3v) is 2.68. The van der Waals surface area contributed by atoms with E-state index in [0.29, 0.717) is 0 Å². The lowest BCUT2D eigenvalue weighted by atomic mass is 10.1. The molecule has 0 aliphatic carbocycles. The Morgan fingerprint density at radius 2 is 1.95 bits per heavy atom. The number of ether oxygens (including phenoxy) is 1. The molecule has 0 saturated carbocycles. The molecule has 0 atom stereocenters. The number of nitrogen functional groups attached to an aromatic ring is 1. The maximum atomic E-state index is 13.5. The van der Waals surface area contributed by atoms with Crippen LogP contribution in [0, 0.1) is 11.6 Å². The van der Waals surface area contributed by atoms with Crippen LogP contribution in [0.1, 0.15) is 10.4 Å². The molecule has 0 saturated heterocycles. The minimum atomic E-state index is -1.36. The summed E-state index contributed by atoms with van der Waals surface area (Å²) >= 11 is 5.84. The molecule has 2 aromatic carbocycles. The van der Waals surface area contributed by atoms with Gasteiger partial charge < -0.3 is 15.6 Å². The van der Waals surface area contributed by atoms with E-state index >= 15 is 0 Å².